The van der Waals surface area contributed by atoms with Gasteiger partial charge in [0.25, 0.3) is 0 Å². The Labute approximate surface area is 66.9 Å². The van der Waals surface area contributed by atoms with Crippen LogP contribution in [0.3, 0.4) is 0 Å². The fourth-order valence-corrected chi connectivity index (χ4v) is 1.12. The van der Waals surface area contributed by atoms with E-state index in [2.05, 4.69) is 19.1 Å². The molecule has 1 aliphatic carbocycles. The first-order chi connectivity index (χ1) is 4.72. The smallest absolute Gasteiger partial charge is 0.0434 e. The van der Waals surface area contributed by atoms with Crippen molar-refractivity contribution >= 4 is 11.6 Å². The van der Waals surface area contributed by atoms with Gasteiger partial charge in [-0.1, -0.05) is 29.3 Å². The summed E-state index contributed by atoms with van der Waals surface area (Å²) in [5, 5.41) is 0.867. The summed E-state index contributed by atoms with van der Waals surface area (Å²) in [6, 6.07) is 0. The van der Waals surface area contributed by atoms with Crippen LogP contribution < -0.4 is 0 Å². The molecule has 0 N–H and O–H groups in total. The van der Waals surface area contributed by atoms with Crippen molar-refractivity contribution in [3.8, 4) is 0 Å². The molecule has 0 atom stereocenters. The zero-order chi connectivity index (χ0) is 7.56. The van der Waals surface area contributed by atoms with Crippen molar-refractivity contribution in [2.24, 2.45) is 0 Å². The average molecular weight is 155 g/mol. The Bertz CT molecular complexity index is 219. The van der Waals surface area contributed by atoms with Crippen LogP contribution in [0.15, 0.2) is 34.4 Å². The Kier molecular flexibility index (Phi) is 2.34. The molecule has 0 radical (unpaired) electrons. The molecule has 0 heterocycles. The molecule has 0 aliphatic heterocycles. The summed E-state index contributed by atoms with van der Waals surface area (Å²) in [6.45, 7) is 4.13. The molecule has 1 heteroatoms. The van der Waals surface area contributed by atoms with Gasteiger partial charge in [0, 0.05) is 5.03 Å². The predicted octanol–water partition coefficient (Wildman–Crippen LogP) is 3.41. The summed E-state index contributed by atoms with van der Waals surface area (Å²) in [7, 11) is 0. The van der Waals surface area contributed by atoms with Crippen LogP contribution in [0.2, 0.25) is 0 Å². The summed E-state index contributed by atoms with van der Waals surface area (Å²) < 4.78 is 0. The number of hydrogen-bond acceptors (Lipinski definition) is 0. The largest absolute Gasteiger partial charge is 0.0841 e. The van der Waals surface area contributed by atoms with Gasteiger partial charge < -0.3 is 0 Å². The molecule has 0 aromatic rings. The summed E-state index contributed by atoms with van der Waals surface area (Å²) in [5.41, 5.74) is 2.48. The maximum atomic E-state index is 5.92. The normalized spacial score (nSPS) is 18.9. The van der Waals surface area contributed by atoms with Gasteiger partial charge in [0.15, 0.2) is 0 Å². The van der Waals surface area contributed by atoms with Crippen LogP contribution in [0.4, 0.5) is 0 Å². The highest BCUT2D eigenvalue weighted by molar-refractivity contribution is 6.31. The van der Waals surface area contributed by atoms with Gasteiger partial charge in [0.1, 0.15) is 0 Å². The van der Waals surface area contributed by atoms with E-state index in [0.29, 0.717) is 0 Å². The molecule has 0 unspecified atom stereocenters. The van der Waals surface area contributed by atoms with Crippen molar-refractivity contribution in [2.45, 2.75) is 20.3 Å². The first-order valence-electron chi connectivity index (χ1n) is 3.42. The summed E-state index contributed by atoms with van der Waals surface area (Å²) in [4.78, 5) is 0. The molecule has 0 bridgehead atoms. The zero-order valence-corrected chi connectivity index (χ0v) is 7.07. The molecule has 0 nitrogen and oxygen atoms in total. The minimum atomic E-state index is 0.867. The summed E-state index contributed by atoms with van der Waals surface area (Å²) in [5.74, 6) is 0. The summed E-state index contributed by atoms with van der Waals surface area (Å²) >= 11 is 5.92. The van der Waals surface area contributed by atoms with Crippen molar-refractivity contribution in [3.05, 3.63) is 34.4 Å². The number of halogens is 1. The second-order valence-corrected chi connectivity index (χ2v) is 2.91. The lowest BCUT2D eigenvalue weighted by molar-refractivity contribution is 1.29. The average Bonchev–Trinajstić information content (AvgIpc) is 2.04. The van der Waals surface area contributed by atoms with E-state index in [4.69, 9.17) is 11.6 Å². The third kappa shape index (κ3) is 1.51. The van der Waals surface area contributed by atoms with Gasteiger partial charge in [-0.15, -0.1) is 0 Å². The molecule has 0 saturated heterocycles. The molecule has 1 rings (SSSR count). The SMILES string of the molecule is CC1=CCC=CC(Cl)=C1C. The van der Waals surface area contributed by atoms with Crippen LogP contribution in [-0.4, -0.2) is 0 Å². The van der Waals surface area contributed by atoms with Gasteiger partial charge in [0.05, 0.1) is 0 Å². The van der Waals surface area contributed by atoms with Crippen LogP contribution in [0.25, 0.3) is 0 Å². The van der Waals surface area contributed by atoms with Gasteiger partial charge in [-0.25, -0.2) is 0 Å². The molecular formula is C9H11Cl. The molecule has 0 saturated carbocycles. The molecule has 0 aromatic carbocycles. The fourth-order valence-electron chi connectivity index (χ4n) is 0.883. The molecule has 0 amide bonds. The minimum Gasteiger partial charge on any atom is -0.0841 e. The van der Waals surface area contributed by atoms with Crippen LogP contribution in [-0.2, 0) is 0 Å². The van der Waals surface area contributed by atoms with E-state index in [-0.39, 0.29) is 0 Å². The van der Waals surface area contributed by atoms with Crippen LogP contribution in [0.5, 0.6) is 0 Å². The highest BCUT2D eigenvalue weighted by Gasteiger charge is 1.99. The minimum absolute atomic E-state index is 0.867. The quantitative estimate of drug-likeness (QED) is 0.502. The van der Waals surface area contributed by atoms with Crippen LogP contribution in [0.1, 0.15) is 20.3 Å². The van der Waals surface area contributed by atoms with Crippen LogP contribution in [0, 0.1) is 0 Å². The third-order valence-electron chi connectivity index (χ3n) is 1.77. The topological polar surface area (TPSA) is 0 Å². The lowest BCUT2D eigenvalue weighted by Gasteiger charge is -1.99. The maximum Gasteiger partial charge on any atom is 0.0434 e. The van der Waals surface area contributed by atoms with Gasteiger partial charge >= 0.3 is 0 Å². The fraction of sp³-hybridized carbons (Fsp3) is 0.333. The summed E-state index contributed by atoms with van der Waals surface area (Å²) in [6.07, 6.45) is 7.22. The standard InChI is InChI=1S/C9H11Cl/c1-7-5-3-4-6-9(10)8(7)2/h4-6H,3H2,1-2H3. The Morgan fingerprint density at radius 3 is 2.80 bits per heavy atom. The first-order valence-corrected chi connectivity index (χ1v) is 3.79. The van der Waals surface area contributed by atoms with Crippen molar-refractivity contribution in [1.82, 2.24) is 0 Å². The molecule has 0 spiro atoms. The zero-order valence-electron chi connectivity index (χ0n) is 6.32. The lowest BCUT2D eigenvalue weighted by atomic mass is 10.1. The van der Waals surface area contributed by atoms with E-state index in [1.165, 1.54) is 11.1 Å². The second kappa shape index (κ2) is 3.07. The Balaban J connectivity index is 3.02. The van der Waals surface area contributed by atoms with E-state index >= 15 is 0 Å². The second-order valence-electron chi connectivity index (χ2n) is 2.50. The van der Waals surface area contributed by atoms with Gasteiger partial charge in [-0.3, -0.25) is 0 Å². The van der Waals surface area contributed by atoms with E-state index in [9.17, 15) is 0 Å². The monoisotopic (exact) mass is 154 g/mol. The van der Waals surface area contributed by atoms with Crippen molar-refractivity contribution < 1.29 is 0 Å². The Morgan fingerprint density at radius 2 is 2.10 bits per heavy atom. The van der Waals surface area contributed by atoms with Gasteiger partial charge in [-0.05, 0) is 31.9 Å². The number of hydrogen-bond donors (Lipinski definition) is 0. The van der Waals surface area contributed by atoms with E-state index in [1.807, 2.05) is 13.0 Å². The highest BCUT2D eigenvalue weighted by Crippen LogP contribution is 2.21. The van der Waals surface area contributed by atoms with Crippen LogP contribution >= 0.6 is 11.6 Å². The Morgan fingerprint density at radius 1 is 1.40 bits per heavy atom. The lowest BCUT2D eigenvalue weighted by Crippen LogP contribution is -1.78. The van der Waals surface area contributed by atoms with E-state index in [1.54, 1.807) is 0 Å². The van der Waals surface area contributed by atoms with Gasteiger partial charge in [0.2, 0.25) is 0 Å². The maximum absolute atomic E-state index is 5.92. The molecular weight excluding hydrogens is 144 g/mol. The Hall–Kier alpha value is -0.490. The molecule has 10 heavy (non-hydrogen) atoms. The van der Waals surface area contributed by atoms with E-state index < -0.39 is 0 Å². The number of rotatable bonds is 0. The number of allylic oxidation sites excluding steroid dienone is 6. The predicted molar refractivity (Wildman–Crippen MR) is 46.1 cm³/mol. The van der Waals surface area contributed by atoms with Crippen molar-refractivity contribution in [3.63, 3.8) is 0 Å². The molecule has 54 valence electrons. The molecule has 0 fully saturated rings. The van der Waals surface area contributed by atoms with Crippen molar-refractivity contribution in [1.29, 1.82) is 0 Å². The molecule has 0 aromatic heterocycles. The first kappa shape index (κ1) is 7.62. The highest BCUT2D eigenvalue weighted by atomic mass is 35.5. The third-order valence-corrected chi connectivity index (χ3v) is 2.18. The van der Waals surface area contributed by atoms with Gasteiger partial charge in [-0.2, -0.15) is 0 Å². The van der Waals surface area contributed by atoms with Crippen molar-refractivity contribution in [2.75, 3.05) is 0 Å². The van der Waals surface area contributed by atoms with E-state index in [0.717, 1.165) is 11.5 Å². The molecule has 1 aliphatic rings.